The van der Waals surface area contributed by atoms with Gasteiger partial charge in [-0.2, -0.15) is 0 Å². The Balaban J connectivity index is 1.71. The van der Waals surface area contributed by atoms with Crippen LogP contribution in [0.2, 0.25) is 0 Å². The first-order valence-corrected chi connectivity index (χ1v) is 8.79. The number of nitrogens with zero attached hydrogens (tertiary/aromatic N) is 3. The number of methoxy groups -OCH3 is 1. The van der Waals surface area contributed by atoms with E-state index >= 15 is 0 Å². The minimum absolute atomic E-state index is 0.153. The minimum Gasteiger partial charge on any atom is -0.495 e. The lowest BCUT2D eigenvalue weighted by Gasteiger charge is -2.04. The van der Waals surface area contributed by atoms with Gasteiger partial charge in [-0.1, -0.05) is 0 Å². The number of aromatic nitrogens is 3. The van der Waals surface area contributed by atoms with Crippen molar-refractivity contribution in [2.24, 2.45) is 0 Å². The fraction of sp³-hybridized carbons (Fsp3) is 0.167. The first-order valence-electron chi connectivity index (χ1n) is 7.97. The Kier molecular flexibility index (Phi) is 4.44. The van der Waals surface area contributed by atoms with Crippen molar-refractivity contribution in [2.45, 2.75) is 12.8 Å². The summed E-state index contributed by atoms with van der Waals surface area (Å²) in [6.07, 6.45) is -0.438. The van der Waals surface area contributed by atoms with Gasteiger partial charge in [0.15, 0.2) is 17.3 Å². The number of alkyl halides is 2. The highest BCUT2D eigenvalue weighted by Gasteiger charge is 2.17. The number of furan rings is 1. The van der Waals surface area contributed by atoms with Gasteiger partial charge in [-0.05, 0) is 30.3 Å². The monoisotopic (exact) mass is 388 g/mol. The first kappa shape index (κ1) is 17.3. The summed E-state index contributed by atoms with van der Waals surface area (Å²) in [5.74, 6) is 0.864. The lowest BCUT2D eigenvalue weighted by atomic mass is 10.2. The second kappa shape index (κ2) is 6.92. The predicted octanol–water partition coefficient (Wildman–Crippen LogP) is 4.47. The van der Waals surface area contributed by atoms with Crippen LogP contribution in [0, 0.1) is 0 Å². The van der Waals surface area contributed by atoms with E-state index in [-0.39, 0.29) is 17.4 Å². The highest BCUT2D eigenvalue weighted by molar-refractivity contribution is 7.18. The zero-order chi connectivity index (χ0) is 19.0. The van der Waals surface area contributed by atoms with Crippen molar-refractivity contribution in [3.8, 4) is 17.3 Å². The number of anilines is 1. The molecule has 0 spiro atoms. The van der Waals surface area contributed by atoms with Crippen LogP contribution in [0.3, 0.4) is 0 Å². The molecular formula is C18H14F2N4O2S. The Labute approximate surface area is 156 Å². The molecule has 0 aliphatic heterocycles. The number of nitrogen functional groups attached to an aromatic ring is 1. The van der Waals surface area contributed by atoms with E-state index in [1.807, 2.05) is 12.1 Å². The van der Waals surface area contributed by atoms with E-state index < -0.39 is 12.2 Å². The van der Waals surface area contributed by atoms with Crippen LogP contribution in [0.15, 0.2) is 40.9 Å². The fourth-order valence-corrected chi connectivity index (χ4v) is 3.73. The maximum absolute atomic E-state index is 12.7. The Hall–Kier alpha value is -3.07. The van der Waals surface area contributed by atoms with Gasteiger partial charge in [0.05, 0.1) is 18.2 Å². The van der Waals surface area contributed by atoms with Gasteiger partial charge in [-0.3, -0.25) is 4.98 Å². The lowest BCUT2D eigenvalue weighted by Crippen LogP contribution is -1.95. The van der Waals surface area contributed by atoms with Crippen molar-refractivity contribution in [3.05, 3.63) is 52.9 Å². The van der Waals surface area contributed by atoms with Crippen molar-refractivity contribution < 1.29 is 17.9 Å². The average molecular weight is 388 g/mol. The predicted molar refractivity (Wildman–Crippen MR) is 98.1 cm³/mol. The van der Waals surface area contributed by atoms with Crippen molar-refractivity contribution >= 4 is 27.4 Å². The van der Waals surface area contributed by atoms with Gasteiger partial charge in [-0.15, -0.1) is 11.3 Å². The van der Waals surface area contributed by atoms with E-state index in [1.165, 1.54) is 23.5 Å². The largest absolute Gasteiger partial charge is 0.495 e. The third kappa shape index (κ3) is 3.33. The number of hydrogen-bond donors (Lipinski definition) is 1. The summed E-state index contributed by atoms with van der Waals surface area (Å²) in [6, 6.07) is 8.17. The molecule has 4 aromatic rings. The number of pyridine rings is 1. The maximum Gasteiger partial charge on any atom is 0.295 e. The van der Waals surface area contributed by atoms with Crippen LogP contribution in [0.4, 0.5) is 14.6 Å². The summed E-state index contributed by atoms with van der Waals surface area (Å²) in [5.41, 5.74) is 6.85. The van der Waals surface area contributed by atoms with Gasteiger partial charge in [0.25, 0.3) is 6.43 Å². The summed E-state index contributed by atoms with van der Waals surface area (Å²) in [5, 5.41) is 0.703. The molecule has 4 aromatic heterocycles. The number of halogens is 2. The standard InChI is InChI=1S/C18H14F2N4O2S/c1-25-12-3-2-6-22-11(12)8-9-7-10-16(21)23-17(24-18(10)27-9)14-5-4-13(26-14)15(19)20/h2-7,15H,8H2,1H3,(H2,21,23,24). The lowest BCUT2D eigenvalue weighted by molar-refractivity contribution is 0.122. The van der Waals surface area contributed by atoms with E-state index in [9.17, 15) is 8.78 Å². The Morgan fingerprint density at radius 2 is 2.11 bits per heavy atom. The van der Waals surface area contributed by atoms with Crippen molar-refractivity contribution in [2.75, 3.05) is 12.8 Å². The van der Waals surface area contributed by atoms with E-state index in [0.717, 1.165) is 10.6 Å². The van der Waals surface area contributed by atoms with Gasteiger partial charge < -0.3 is 14.9 Å². The molecule has 2 N–H and O–H groups in total. The molecule has 0 atom stereocenters. The van der Waals surface area contributed by atoms with Crippen LogP contribution < -0.4 is 10.5 Å². The third-order valence-electron chi connectivity index (χ3n) is 3.95. The molecule has 0 fully saturated rings. The van der Waals surface area contributed by atoms with Crippen LogP contribution in [-0.2, 0) is 6.42 Å². The number of thiophene rings is 1. The second-order valence-electron chi connectivity index (χ2n) is 5.70. The van der Waals surface area contributed by atoms with Crippen LogP contribution in [0.5, 0.6) is 5.75 Å². The van der Waals surface area contributed by atoms with E-state index in [2.05, 4.69) is 15.0 Å². The molecule has 0 aliphatic carbocycles. The normalized spacial score (nSPS) is 11.4. The van der Waals surface area contributed by atoms with E-state index in [4.69, 9.17) is 14.9 Å². The van der Waals surface area contributed by atoms with Crippen LogP contribution in [0.1, 0.15) is 22.8 Å². The zero-order valence-corrected chi connectivity index (χ0v) is 15.0. The highest BCUT2D eigenvalue weighted by atomic mass is 32.1. The topological polar surface area (TPSA) is 87.1 Å². The first-order chi connectivity index (χ1) is 13.0. The smallest absolute Gasteiger partial charge is 0.295 e. The second-order valence-corrected chi connectivity index (χ2v) is 6.81. The molecule has 6 nitrogen and oxygen atoms in total. The van der Waals surface area contributed by atoms with E-state index in [1.54, 1.807) is 19.4 Å². The molecule has 4 rings (SSSR count). The van der Waals surface area contributed by atoms with Crippen LogP contribution in [0.25, 0.3) is 21.8 Å². The molecule has 4 heterocycles. The van der Waals surface area contributed by atoms with Crippen molar-refractivity contribution in [3.63, 3.8) is 0 Å². The van der Waals surface area contributed by atoms with Crippen LogP contribution in [-0.4, -0.2) is 22.1 Å². The molecule has 0 amide bonds. The van der Waals surface area contributed by atoms with Gasteiger partial charge in [0, 0.05) is 17.5 Å². The molecule has 0 aliphatic rings. The van der Waals surface area contributed by atoms with Gasteiger partial charge >= 0.3 is 0 Å². The zero-order valence-electron chi connectivity index (χ0n) is 14.1. The summed E-state index contributed by atoms with van der Waals surface area (Å²) < 4.78 is 35.9. The molecule has 27 heavy (non-hydrogen) atoms. The molecule has 0 radical (unpaired) electrons. The Bertz CT molecular complexity index is 1110. The summed E-state index contributed by atoms with van der Waals surface area (Å²) in [7, 11) is 1.60. The van der Waals surface area contributed by atoms with Gasteiger partial charge in [0.2, 0.25) is 0 Å². The average Bonchev–Trinajstić information content (AvgIpc) is 3.29. The SMILES string of the molecule is COc1cccnc1Cc1cc2c(N)nc(-c3ccc(C(F)F)o3)nc2s1. The maximum atomic E-state index is 12.7. The molecule has 0 unspecified atom stereocenters. The van der Waals surface area contributed by atoms with Crippen molar-refractivity contribution in [1.29, 1.82) is 0 Å². The molecule has 0 bridgehead atoms. The number of rotatable bonds is 5. The number of hydrogen-bond acceptors (Lipinski definition) is 7. The molecule has 0 aromatic carbocycles. The highest BCUT2D eigenvalue weighted by Crippen LogP contribution is 2.33. The van der Waals surface area contributed by atoms with Crippen molar-refractivity contribution in [1.82, 2.24) is 15.0 Å². The molecule has 138 valence electrons. The number of nitrogens with two attached hydrogens (primary N) is 1. The van der Waals surface area contributed by atoms with E-state index in [0.29, 0.717) is 22.4 Å². The summed E-state index contributed by atoms with van der Waals surface area (Å²) in [6.45, 7) is 0. The Morgan fingerprint density at radius 3 is 2.85 bits per heavy atom. The Morgan fingerprint density at radius 1 is 1.26 bits per heavy atom. The number of fused-ring (bicyclic) bond motifs is 1. The molecule has 9 heteroatoms. The number of ether oxygens (including phenoxy) is 1. The third-order valence-corrected chi connectivity index (χ3v) is 4.97. The molecule has 0 saturated carbocycles. The summed E-state index contributed by atoms with van der Waals surface area (Å²) in [4.78, 5) is 14.6. The van der Waals surface area contributed by atoms with Gasteiger partial charge in [0.1, 0.15) is 16.4 Å². The summed E-state index contributed by atoms with van der Waals surface area (Å²) >= 11 is 1.43. The fourth-order valence-electron chi connectivity index (χ4n) is 2.69. The molecular weight excluding hydrogens is 374 g/mol. The van der Waals surface area contributed by atoms with Gasteiger partial charge in [-0.25, -0.2) is 18.7 Å². The quantitative estimate of drug-likeness (QED) is 0.543. The van der Waals surface area contributed by atoms with Crippen LogP contribution >= 0.6 is 11.3 Å². The minimum atomic E-state index is -2.69. The molecule has 0 saturated heterocycles.